The lowest BCUT2D eigenvalue weighted by Gasteiger charge is -2.15. The largest absolute Gasteiger partial charge is 0.378 e. The van der Waals surface area contributed by atoms with Gasteiger partial charge in [0.05, 0.1) is 0 Å². The lowest BCUT2D eigenvalue weighted by molar-refractivity contribution is -0.148. The average Bonchev–Trinajstić information content (AvgIpc) is 1.67. The molecule has 1 N–H and O–H groups in total. The summed E-state index contributed by atoms with van der Waals surface area (Å²) in [5.74, 6) is 0. The molecule has 0 aliphatic heterocycles. The van der Waals surface area contributed by atoms with Gasteiger partial charge in [-0.05, 0) is 0 Å². The van der Waals surface area contributed by atoms with Crippen LogP contribution < -0.4 is 0 Å². The Labute approximate surface area is 53.2 Å². The second kappa shape index (κ2) is 3.25. The molecule has 0 fully saturated rings. The van der Waals surface area contributed by atoms with Crippen LogP contribution in [-0.2, 0) is 9.47 Å². The maximum absolute atomic E-state index is 8.74. The molecule has 1 atom stereocenters. The molecule has 0 bridgehead atoms. The summed E-state index contributed by atoms with van der Waals surface area (Å²) in [5.41, 5.74) is 0. The van der Waals surface area contributed by atoms with Gasteiger partial charge in [0, 0.05) is 14.2 Å². The smallest absolute Gasteiger partial charge is 0.270 e. The zero-order valence-electron chi connectivity index (χ0n) is 4.85. The predicted molar refractivity (Wildman–Crippen MR) is 29.7 cm³/mol. The van der Waals surface area contributed by atoms with Crippen LogP contribution in [0.15, 0.2) is 0 Å². The van der Waals surface area contributed by atoms with E-state index in [1.54, 1.807) is 0 Å². The molecule has 1 unspecified atom stereocenters. The SMILES string of the molecule is COCC(O)(Cl)OC. The molecule has 8 heavy (non-hydrogen) atoms. The van der Waals surface area contributed by atoms with E-state index in [-0.39, 0.29) is 6.61 Å². The van der Waals surface area contributed by atoms with E-state index in [9.17, 15) is 0 Å². The highest BCUT2D eigenvalue weighted by molar-refractivity contribution is 6.21. The molecular weight excluding hydrogens is 131 g/mol. The van der Waals surface area contributed by atoms with Crippen molar-refractivity contribution in [2.24, 2.45) is 0 Å². The summed E-state index contributed by atoms with van der Waals surface area (Å²) in [7, 11) is 2.72. The molecule has 0 spiro atoms. The van der Waals surface area contributed by atoms with E-state index >= 15 is 0 Å². The second-order valence-electron chi connectivity index (χ2n) is 1.33. The van der Waals surface area contributed by atoms with Crippen LogP contribution in [0.25, 0.3) is 0 Å². The van der Waals surface area contributed by atoms with Crippen LogP contribution in [0.4, 0.5) is 0 Å². The Morgan fingerprint density at radius 1 is 1.62 bits per heavy atom. The minimum absolute atomic E-state index is 0.0367. The molecule has 0 aliphatic rings. The number of rotatable bonds is 3. The Bertz CT molecular complexity index is 64.3. The molecule has 0 aromatic heterocycles. The van der Waals surface area contributed by atoms with Gasteiger partial charge >= 0.3 is 0 Å². The van der Waals surface area contributed by atoms with Crippen LogP contribution in [0.2, 0.25) is 0 Å². The molecule has 0 saturated carbocycles. The van der Waals surface area contributed by atoms with Gasteiger partial charge in [-0.25, -0.2) is 0 Å². The van der Waals surface area contributed by atoms with Gasteiger partial charge in [-0.3, -0.25) is 0 Å². The van der Waals surface area contributed by atoms with Gasteiger partial charge in [0.15, 0.2) is 0 Å². The van der Waals surface area contributed by atoms with E-state index < -0.39 is 5.25 Å². The van der Waals surface area contributed by atoms with E-state index in [0.717, 1.165) is 0 Å². The summed E-state index contributed by atoms with van der Waals surface area (Å²) in [6.45, 7) is -0.0367. The van der Waals surface area contributed by atoms with Crippen LogP contribution in [-0.4, -0.2) is 31.2 Å². The van der Waals surface area contributed by atoms with Gasteiger partial charge in [-0.2, -0.15) is 0 Å². The molecule has 0 heterocycles. The van der Waals surface area contributed by atoms with E-state index in [1.165, 1.54) is 14.2 Å². The first-order chi connectivity index (χ1) is 3.62. The fourth-order valence-corrected chi connectivity index (χ4v) is 0.346. The summed E-state index contributed by atoms with van der Waals surface area (Å²) in [5, 5.41) is 7.08. The Kier molecular flexibility index (Phi) is 3.31. The highest BCUT2D eigenvalue weighted by Crippen LogP contribution is 2.09. The Morgan fingerprint density at radius 3 is 2.25 bits per heavy atom. The van der Waals surface area contributed by atoms with Crippen LogP contribution in [0.1, 0.15) is 0 Å². The maximum Gasteiger partial charge on any atom is 0.270 e. The number of alkyl halides is 1. The molecule has 50 valence electrons. The van der Waals surface area contributed by atoms with Gasteiger partial charge in [0.1, 0.15) is 6.61 Å². The summed E-state index contributed by atoms with van der Waals surface area (Å²) in [4.78, 5) is 0. The quantitative estimate of drug-likeness (QED) is 0.449. The number of aliphatic hydroxyl groups is 1. The number of methoxy groups -OCH3 is 2. The third-order valence-corrected chi connectivity index (χ3v) is 0.899. The molecule has 0 aliphatic carbocycles. The lowest BCUT2D eigenvalue weighted by atomic mass is 10.7. The summed E-state index contributed by atoms with van der Waals surface area (Å²) in [6.07, 6.45) is 0. The minimum Gasteiger partial charge on any atom is -0.378 e. The molecule has 0 radical (unpaired) electrons. The molecule has 0 aromatic rings. The Hall–Kier alpha value is 0.170. The fraction of sp³-hybridized carbons (Fsp3) is 1.00. The molecule has 0 saturated heterocycles. The number of hydrogen-bond donors (Lipinski definition) is 1. The highest BCUT2D eigenvalue weighted by atomic mass is 35.5. The Morgan fingerprint density at radius 2 is 2.12 bits per heavy atom. The topological polar surface area (TPSA) is 38.7 Å². The van der Waals surface area contributed by atoms with Crippen LogP contribution in [0.3, 0.4) is 0 Å². The number of halogens is 1. The maximum atomic E-state index is 8.74. The van der Waals surface area contributed by atoms with Crippen LogP contribution in [0, 0.1) is 0 Å². The van der Waals surface area contributed by atoms with Gasteiger partial charge in [-0.1, -0.05) is 11.6 Å². The molecule has 4 heteroatoms. The van der Waals surface area contributed by atoms with Gasteiger partial charge in [-0.15, -0.1) is 0 Å². The number of ether oxygens (including phenoxy) is 2. The van der Waals surface area contributed by atoms with Gasteiger partial charge < -0.3 is 14.6 Å². The van der Waals surface area contributed by atoms with Gasteiger partial charge in [0.25, 0.3) is 5.25 Å². The predicted octanol–water partition coefficient (Wildman–Crippen LogP) is 0.164. The molecule has 0 rings (SSSR count). The van der Waals surface area contributed by atoms with Crippen molar-refractivity contribution in [3.8, 4) is 0 Å². The monoisotopic (exact) mass is 140 g/mol. The number of hydrogen-bond acceptors (Lipinski definition) is 3. The first kappa shape index (κ1) is 8.17. The Balaban J connectivity index is 3.37. The van der Waals surface area contributed by atoms with Crippen molar-refractivity contribution in [2.45, 2.75) is 5.25 Å². The van der Waals surface area contributed by atoms with E-state index in [4.69, 9.17) is 16.7 Å². The summed E-state index contributed by atoms with van der Waals surface area (Å²) < 4.78 is 8.86. The van der Waals surface area contributed by atoms with Crippen molar-refractivity contribution in [1.29, 1.82) is 0 Å². The summed E-state index contributed by atoms with van der Waals surface area (Å²) >= 11 is 5.23. The molecule has 0 amide bonds. The standard InChI is InChI=1S/C4H9ClO3/c1-7-3-4(5,6)8-2/h6H,3H2,1-2H3. The lowest BCUT2D eigenvalue weighted by Crippen LogP contribution is -2.28. The summed E-state index contributed by atoms with van der Waals surface area (Å²) in [6, 6.07) is 0. The van der Waals surface area contributed by atoms with E-state index in [0.29, 0.717) is 0 Å². The first-order valence-corrected chi connectivity index (χ1v) is 2.45. The van der Waals surface area contributed by atoms with Crippen molar-refractivity contribution in [3.05, 3.63) is 0 Å². The van der Waals surface area contributed by atoms with E-state index in [2.05, 4.69) is 9.47 Å². The average molecular weight is 141 g/mol. The van der Waals surface area contributed by atoms with Crippen molar-refractivity contribution in [1.82, 2.24) is 0 Å². The zero-order chi connectivity index (χ0) is 6.62. The van der Waals surface area contributed by atoms with Crippen molar-refractivity contribution in [2.75, 3.05) is 20.8 Å². The van der Waals surface area contributed by atoms with Crippen LogP contribution in [0.5, 0.6) is 0 Å². The van der Waals surface area contributed by atoms with E-state index in [1.807, 2.05) is 0 Å². The highest BCUT2D eigenvalue weighted by Gasteiger charge is 2.21. The first-order valence-electron chi connectivity index (χ1n) is 2.08. The third-order valence-electron chi connectivity index (χ3n) is 0.635. The van der Waals surface area contributed by atoms with Crippen LogP contribution >= 0.6 is 11.6 Å². The third kappa shape index (κ3) is 3.21. The van der Waals surface area contributed by atoms with Gasteiger partial charge in [0.2, 0.25) is 0 Å². The fourth-order valence-electron chi connectivity index (χ4n) is 0.237. The van der Waals surface area contributed by atoms with Crippen molar-refractivity contribution >= 4 is 11.6 Å². The van der Waals surface area contributed by atoms with Crippen molar-refractivity contribution < 1.29 is 14.6 Å². The second-order valence-corrected chi connectivity index (χ2v) is 1.92. The normalized spacial score (nSPS) is 18.0. The van der Waals surface area contributed by atoms with Crippen molar-refractivity contribution in [3.63, 3.8) is 0 Å². The molecule has 3 nitrogen and oxygen atoms in total. The zero-order valence-corrected chi connectivity index (χ0v) is 5.60. The minimum atomic E-state index is -1.66. The molecular formula is C4H9ClO3. The molecule has 0 aromatic carbocycles.